The van der Waals surface area contributed by atoms with Gasteiger partial charge in [0.25, 0.3) is 0 Å². The van der Waals surface area contributed by atoms with E-state index < -0.39 is 0 Å². The van der Waals surface area contributed by atoms with Crippen LogP contribution in [0.15, 0.2) is 140 Å². The molecule has 0 bridgehead atoms. The second-order valence-corrected chi connectivity index (χ2v) is 10.2. The second kappa shape index (κ2) is 9.91. The van der Waals surface area contributed by atoms with Gasteiger partial charge < -0.3 is 9.13 Å². The maximum Gasteiger partial charge on any atom is 0.0541 e. The number of aromatic nitrogens is 2. The largest absolute Gasteiger partial charge is 0.313 e. The van der Waals surface area contributed by atoms with E-state index in [9.17, 15) is 0 Å². The van der Waals surface area contributed by atoms with Crippen LogP contribution in [0.5, 0.6) is 0 Å². The number of allylic oxidation sites excluding steroid dienone is 8. The van der Waals surface area contributed by atoms with E-state index in [0.717, 1.165) is 28.9 Å². The van der Waals surface area contributed by atoms with Crippen LogP contribution in [0.4, 0.5) is 0 Å². The van der Waals surface area contributed by atoms with E-state index in [4.69, 9.17) is 0 Å². The van der Waals surface area contributed by atoms with Crippen molar-refractivity contribution in [3.8, 4) is 11.4 Å². The number of nitrogens with zero attached hydrogens (tertiary/aromatic N) is 2. The molecule has 0 aliphatic heterocycles. The zero-order valence-corrected chi connectivity index (χ0v) is 22.6. The lowest BCUT2D eigenvalue weighted by molar-refractivity contribution is 0.997. The molecule has 6 aromatic rings. The van der Waals surface area contributed by atoms with Crippen molar-refractivity contribution in [2.75, 3.05) is 0 Å². The lowest BCUT2D eigenvalue weighted by Crippen LogP contribution is -2.04. The van der Waals surface area contributed by atoms with E-state index in [0.29, 0.717) is 0 Å². The summed E-state index contributed by atoms with van der Waals surface area (Å²) in [5.74, 6) is 0. The Balaban J connectivity index is 1.60. The van der Waals surface area contributed by atoms with Gasteiger partial charge in [0.15, 0.2) is 0 Å². The molecule has 0 saturated carbocycles. The average Bonchev–Trinajstić information content (AvgIpc) is 3.38. The van der Waals surface area contributed by atoms with E-state index in [2.05, 4.69) is 156 Å². The summed E-state index contributed by atoms with van der Waals surface area (Å²) in [4.78, 5) is 0. The lowest BCUT2D eigenvalue weighted by atomic mass is 10.0. The van der Waals surface area contributed by atoms with Gasteiger partial charge in [0.1, 0.15) is 0 Å². The molecule has 0 saturated heterocycles. The minimum atomic E-state index is 0.871. The average molecular weight is 515 g/mol. The van der Waals surface area contributed by atoms with E-state index in [-0.39, 0.29) is 0 Å². The van der Waals surface area contributed by atoms with Crippen molar-refractivity contribution >= 4 is 44.4 Å². The van der Waals surface area contributed by atoms with Crippen molar-refractivity contribution in [3.63, 3.8) is 0 Å². The molecule has 40 heavy (non-hydrogen) atoms. The Bertz CT molecular complexity index is 2000. The molecule has 2 aromatic heterocycles. The number of para-hydroxylation sites is 3. The number of rotatable bonds is 5. The summed E-state index contributed by atoms with van der Waals surface area (Å²) in [6.07, 6.45) is 17.9. The van der Waals surface area contributed by atoms with Gasteiger partial charge in [-0.05, 0) is 54.5 Å². The first-order chi connectivity index (χ1) is 19.8. The normalized spacial score (nSPS) is 13.5. The van der Waals surface area contributed by atoms with Gasteiger partial charge in [-0.15, -0.1) is 0 Å². The van der Waals surface area contributed by atoms with Crippen LogP contribution in [0.3, 0.4) is 0 Å². The summed E-state index contributed by atoms with van der Waals surface area (Å²) in [6.45, 7) is 6.07. The highest BCUT2D eigenvalue weighted by molar-refractivity contribution is 6.09. The van der Waals surface area contributed by atoms with E-state index >= 15 is 0 Å². The Kier molecular flexibility index (Phi) is 5.94. The number of hydrogen-bond acceptors (Lipinski definition) is 0. The fraction of sp³-hybridized carbons (Fsp3) is 0.0526. The van der Waals surface area contributed by atoms with Crippen LogP contribution in [0.1, 0.15) is 23.7 Å². The van der Waals surface area contributed by atoms with Crippen LogP contribution in [0, 0.1) is 0 Å². The van der Waals surface area contributed by atoms with Crippen LogP contribution < -0.4 is 0 Å². The first-order valence-corrected chi connectivity index (χ1v) is 13.8. The molecule has 0 unspecified atom stereocenters. The van der Waals surface area contributed by atoms with Gasteiger partial charge >= 0.3 is 0 Å². The van der Waals surface area contributed by atoms with E-state index in [1.165, 1.54) is 44.0 Å². The van der Waals surface area contributed by atoms with Gasteiger partial charge in [-0.2, -0.15) is 0 Å². The molecule has 0 N–H and O–H groups in total. The summed E-state index contributed by atoms with van der Waals surface area (Å²) < 4.78 is 4.86. The van der Waals surface area contributed by atoms with Crippen molar-refractivity contribution in [3.05, 3.63) is 157 Å². The molecule has 0 amide bonds. The molecule has 2 heterocycles. The number of benzene rings is 4. The van der Waals surface area contributed by atoms with Crippen molar-refractivity contribution in [1.29, 1.82) is 0 Å². The highest BCUT2D eigenvalue weighted by atomic mass is 15.0. The predicted octanol–water partition coefficient (Wildman–Crippen LogP) is 10.00. The summed E-state index contributed by atoms with van der Waals surface area (Å²) in [5.41, 5.74) is 10.8. The maximum absolute atomic E-state index is 4.01. The summed E-state index contributed by atoms with van der Waals surface area (Å²) in [6, 6.07) is 33.1. The number of fused-ring (bicyclic) bond motifs is 6. The molecule has 0 spiro atoms. The Morgan fingerprint density at radius 2 is 1.32 bits per heavy atom. The minimum absolute atomic E-state index is 0.871. The molecule has 0 fully saturated rings. The third-order valence-electron chi connectivity index (χ3n) is 7.81. The highest BCUT2D eigenvalue weighted by Gasteiger charge is 2.19. The molecule has 7 rings (SSSR count). The Hall–Kier alpha value is -5.08. The molecular weight excluding hydrogens is 484 g/mol. The van der Waals surface area contributed by atoms with Crippen LogP contribution in [-0.2, 0) is 6.42 Å². The van der Waals surface area contributed by atoms with Crippen LogP contribution >= 0.6 is 0 Å². The lowest BCUT2D eigenvalue weighted by Gasteiger charge is -2.17. The van der Waals surface area contributed by atoms with Crippen molar-refractivity contribution in [1.82, 2.24) is 9.13 Å². The molecule has 1 aliphatic rings. The first-order valence-electron chi connectivity index (χ1n) is 13.8. The van der Waals surface area contributed by atoms with Gasteiger partial charge in [-0.1, -0.05) is 110 Å². The minimum Gasteiger partial charge on any atom is -0.313 e. The summed E-state index contributed by atoms with van der Waals surface area (Å²) in [7, 11) is 0. The van der Waals surface area contributed by atoms with Gasteiger partial charge in [0.2, 0.25) is 0 Å². The SMILES string of the molecule is C=C/C=C(\C=C/C)c1cc(-n2c3c(c4ccccc42)C=CC=CC3)cc(-n2c3ccccc3c3ccccc32)c1. The standard InChI is InChI=1S/C38H30N2/c1-3-14-27(15-4-2)28-24-29(39-35-20-7-5-6-16-31(35)32-17-8-11-21-36(32)39)26-30(25-28)40-37-22-12-9-18-33(37)34-19-10-13-23-38(34)40/h3-19,21-26H,1,20H2,2H3/b15-4-,27-14+. The third-order valence-corrected chi connectivity index (χ3v) is 7.81. The molecule has 0 radical (unpaired) electrons. The quantitative estimate of drug-likeness (QED) is 0.203. The van der Waals surface area contributed by atoms with Crippen LogP contribution in [-0.4, -0.2) is 9.13 Å². The Morgan fingerprint density at radius 1 is 0.725 bits per heavy atom. The molecular formula is C38H30N2. The van der Waals surface area contributed by atoms with E-state index in [1.807, 2.05) is 6.08 Å². The highest BCUT2D eigenvalue weighted by Crippen LogP contribution is 2.37. The van der Waals surface area contributed by atoms with Gasteiger partial charge in [-0.25, -0.2) is 0 Å². The fourth-order valence-electron chi connectivity index (χ4n) is 6.19. The van der Waals surface area contributed by atoms with Gasteiger partial charge in [0, 0.05) is 45.2 Å². The Morgan fingerprint density at radius 3 is 1.98 bits per heavy atom. The van der Waals surface area contributed by atoms with Crippen LogP contribution in [0.2, 0.25) is 0 Å². The molecule has 1 aliphatic carbocycles. The zero-order chi connectivity index (χ0) is 27.1. The molecule has 4 aromatic carbocycles. The predicted molar refractivity (Wildman–Crippen MR) is 172 cm³/mol. The smallest absolute Gasteiger partial charge is 0.0541 e. The fourth-order valence-corrected chi connectivity index (χ4v) is 6.19. The van der Waals surface area contributed by atoms with Crippen molar-refractivity contribution < 1.29 is 0 Å². The summed E-state index contributed by atoms with van der Waals surface area (Å²) >= 11 is 0. The second-order valence-electron chi connectivity index (χ2n) is 10.2. The zero-order valence-electron chi connectivity index (χ0n) is 22.6. The van der Waals surface area contributed by atoms with Crippen molar-refractivity contribution in [2.45, 2.75) is 13.3 Å². The van der Waals surface area contributed by atoms with Crippen molar-refractivity contribution in [2.24, 2.45) is 0 Å². The molecule has 2 nitrogen and oxygen atoms in total. The molecule has 192 valence electrons. The molecule has 2 heteroatoms. The van der Waals surface area contributed by atoms with E-state index in [1.54, 1.807) is 0 Å². The van der Waals surface area contributed by atoms with Crippen LogP contribution in [0.25, 0.3) is 55.7 Å². The van der Waals surface area contributed by atoms with Gasteiger partial charge in [-0.3, -0.25) is 0 Å². The first kappa shape index (κ1) is 24.0. The number of hydrogen-bond donors (Lipinski definition) is 0. The maximum atomic E-state index is 4.01. The molecule has 0 atom stereocenters. The van der Waals surface area contributed by atoms with Gasteiger partial charge in [0.05, 0.1) is 16.6 Å². The summed E-state index contributed by atoms with van der Waals surface area (Å²) in [5, 5.41) is 3.79. The third kappa shape index (κ3) is 3.80. The Labute approximate surface area is 234 Å². The monoisotopic (exact) mass is 514 g/mol. The topological polar surface area (TPSA) is 9.86 Å².